The molecule has 0 saturated carbocycles. The van der Waals surface area contributed by atoms with Crippen LogP contribution in [-0.4, -0.2) is 19.0 Å². The predicted molar refractivity (Wildman–Crippen MR) is 61.7 cm³/mol. The molecule has 3 heteroatoms. The van der Waals surface area contributed by atoms with Crippen LogP contribution in [0, 0.1) is 5.92 Å². The van der Waals surface area contributed by atoms with E-state index in [1.807, 2.05) is 13.0 Å². The van der Waals surface area contributed by atoms with E-state index in [1.54, 1.807) is 13.3 Å². The number of rotatable bonds is 5. The largest absolute Gasteiger partial charge is 0.481 e. The highest BCUT2D eigenvalue weighted by atomic mass is 16.5. The standard InChI is InChI=1S/C11H18N2O/c1-6-12-10(9(3)4)8-11(14-5)13-7-2/h6-9H,1H2,2-5H3/b11-8+,12-10?,13-7?. The van der Waals surface area contributed by atoms with Gasteiger partial charge in [0.25, 0.3) is 0 Å². The van der Waals surface area contributed by atoms with Gasteiger partial charge in [0.1, 0.15) is 0 Å². The van der Waals surface area contributed by atoms with Crippen LogP contribution in [0.15, 0.2) is 34.7 Å². The molecule has 0 unspecified atom stereocenters. The second-order valence-electron chi connectivity index (χ2n) is 2.97. The van der Waals surface area contributed by atoms with Gasteiger partial charge in [-0.05, 0) is 12.8 Å². The molecule has 0 aromatic carbocycles. The minimum atomic E-state index is 0.324. The van der Waals surface area contributed by atoms with Gasteiger partial charge in [-0.3, -0.25) is 4.99 Å². The molecule has 0 aliphatic rings. The number of allylic oxidation sites excluding steroid dienone is 1. The Morgan fingerprint density at radius 2 is 2.07 bits per heavy atom. The van der Waals surface area contributed by atoms with Crippen LogP contribution in [0.5, 0.6) is 0 Å². The van der Waals surface area contributed by atoms with Crippen LogP contribution >= 0.6 is 0 Å². The molecule has 0 aromatic rings. The molecule has 3 nitrogen and oxygen atoms in total. The fraction of sp³-hybridized carbons (Fsp3) is 0.455. The minimum absolute atomic E-state index is 0.324. The molecule has 0 radical (unpaired) electrons. The van der Waals surface area contributed by atoms with E-state index in [0.717, 1.165) is 5.71 Å². The third-order valence-corrected chi connectivity index (χ3v) is 1.57. The van der Waals surface area contributed by atoms with Gasteiger partial charge in [-0.25, -0.2) is 4.99 Å². The summed E-state index contributed by atoms with van der Waals surface area (Å²) < 4.78 is 5.07. The molecule has 0 amide bonds. The summed E-state index contributed by atoms with van der Waals surface area (Å²) in [5.74, 6) is 0.881. The lowest BCUT2D eigenvalue weighted by atomic mass is 10.1. The van der Waals surface area contributed by atoms with Crippen LogP contribution in [0.25, 0.3) is 0 Å². The van der Waals surface area contributed by atoms with Crippen molar-refractivity contribution in [3.63, 3.8) is 0 Å². The fourth-order valence-electron chi connectivity index (χ4n) is 0.861. The summed E-state index contributed by atoms with van der Waals surface area (Å²) in [5.41, 5.74) is 0.905. The van der Waals surface area contributed by atoms with E-state index < -0.39 is 0 Å². The molecule has 0 fully saturated rings. The Bertz CT molecular complexity index is 262. The third-order valence-electron chi connectivity index (χ3n) is 1.57. The van der Waals surface area contributed by atoms with Gasteiger partial charge in [-0.2, -0.15) is 0 Å². The average Bonchev–Trinajstić information content (AvgIpc) is 2.15. The lowest BCUT2D eigenvalue weighted by molar-refractivity contribution is 0.289. The molecular formula is C11H18N2O. The Hall–Kier alpha value is -1.38. The summed E-state index contributed by atoms with van der Waals surface area (Å²) in [6, 6.07) is 0. The Labute approximate surface area is 85.9 Å². The van der Waals surface area contributed by atoms with Crippen molar-refractivity contribution in [2.45, 2.75) is 20.8 Å². The highest BCUT2D eigenvalue weighted by Crippen LogP contribution is 2.05. The zero-order valence-corrected chi connectivity index (χ0v) is 9.32. The van der Waals surface area contributed by atoms with Crippen molar-refractivity contribution in [3.05, 3.63) is 24.7 Å². The topological polar surface area (TPSA) is 34.0 Å². The molecule has 0 rings (SSSR count). The molecule has 0 heterocycles. The molecule has 0 bridgehead atoms. The second kappa shape index (κ2) is 7.06. The quantitative estimate of drug-likeness (QED) is 0.489. The molecule has 14 heavy (non-hydrogen) atoms. The molecule has 78 valence electrons. The molecule has 0 aliphatic heterocycles. The summed E-state index contributed by atoms with van der Waals surface area (Å²) in [6.07, 6.45) is 5.02. The Morgan fingerprint density at radius 1 is 1.43 bits per heavy atom. The maximum Gasteiger partial charge on any atom is 0.214 e. The first-order valence-electron chi connectivity index (χ1n) is 4.58. The van der Waals surface area contributed by atoms with Crippen molar-refractivity contribution in [1.82, 2.24) is 0 Å². The number of methoxy groups -OCH3 is 1. The van der Waals surface area contributed by atoms with E-state index in [2.05, 4.69) is 30.4 Å². The molecule has 0 spiro atoms. The molecule has 0 aliphatic carbocycles. The predicted octanol–water partition coefficient (Wildman–Crippen LogP) is 2.81. The van der Waals surface area contributed by atoms with Gasteiger partial charge in [0, 0.05) is 24.2 Å². The second-order valence-corrected chi connectivity index (χ2v) is 2.97. The monoisotopic (exact) mass is 194 g/mol. The van der Waals surface area contributed by atoms with E-state index in [4.69, 9.17) is 4.74 Å². The van der Waals surface area contributed by atoms with Crippen molar-refractivity contribution in [2.75, 3.05) is 7.11 Å². The number of nitrogens with zero attached hydrogens (tertiary/aromatic N) is 2. The first-order valence-corrected chi connectivity index (χ1v) is 4.58. The highest BCUT2D eigenvalue weighted by molar-refractivity contribution is 5.97. The van der Waals surface area contributed by atoms with Gasteiger partial charge in [-0.1, -0.05) is 20.4 Å². The molecule has 0 N–H and O–H groups in total. The lowest BCUT2D eigenvalue weighted by Gasteiger charge is -2.05. The molecular weight excluding hydrogens is 176 g/mol. The van der Waals surface area contributed by atoms with Crippen molar-refractivity contribution in [2.24, 2.45) is 15.9 Å². The van der Waals surface area contributed by atoms with Gasteiger partial charge in [-0.15, -0.1) is 0 Å². The number of ether oxygens (including phenoxy) is 1. The van der Waals surface area contributed by atoms with Gasteiger partial charge in [0.2, 0.25) is 5.88 Å². The third kappa shape index (κ3) is 4.60. The summed E-state index contributed by atoms with van der Waals surface area (Å²) in [6.45, 7) is 9.52. The SMILES string of the molecule is C=CN=C(/C=C(\N=CC)OC)C(C)C. The zero-order valence-electron chi connectivity index (χ0n) is 9.32. The Balaban J connectivity index is 4.85. The van der Waals surface area contributed by atoms with Crippen molar-refractivity contribution < 1.29 is 4.74 Å². The minimum Gasteiger partial charge on any atom is -0.481 e. The Morgan fingerprint density at radius 3 is 2.43 bits per heavy atom. The van der Waals surface area contributed by atoms with E-state index in [0.29, 0.717) is 11.8 Å². The van der Waals surface area contributed by atoms with E-state index in [9.17, 15) is 0 Å². The summed E-state index contributed by atoms with van der Waals surface area (Å²) in [5, 5.41) is 0. The van der Waals surface area contributed by atoms with Crippen LogP contribution in [0.3, 0.4) is 0 Å². The smallest absolute Gasteiger partial charge is 0.214 e. The van der Waals surface area contributed by atoms with Crippen LogP contribution in [0.2, 0.25) is 0 Å². The first kappa shape index (κ1) is 12.6. The lowest BCUT2D eigenvalue weighted by Crippen LogP contribution is -2.04. The maximum absolute atomic E-state index is 5.07. The van der Waals surface area contributed by atoms with Crippen LogP contribution in [0.1, 0.15) is 20.8 Å². The number of hydrogen-bond donors (Lipinski definition) is 0. The summed E-state index contributed by atoms with van der Waals surface area (Å²) >= 11 is 0. The van der Waals surface area contributed by atoms with Crippen LogP contribution in [0.4, 0.5) is 0 Å². The van der Waals surface area contributed by atoms with Gasteiger partial charge in [0.05, 0.1) is 7.11 Å². The van der Waals surface area contributed by atoms with Gasteiger partial charge >= 0.3 is 0 Å². The number of aliphatic imine (C=N–C) groups is 2. The van der Waals surface area contributed by atoms with Gasteiger partial charge in [0.15, 0.2) is 0 Å². The highest BCUT2D eigenvalue weighted by Gasteiger charge is 2.03. The molecule has 0 saturated heterocycles. The molecule has 0 atom stereocenters. The first-order chi connectivity index (χ1) is 6.65. The van der Waals surface area contributed by atoms with Gasteiger partial charge < -0.3 is 4.74 Å². The maximum atomic E-state index is 5.07. The normalized spacial score (nSPS) is 13.8. The fourth-order valence-corrected chi connectivity index (χ4v) is 0.861. The van der Waals surface area contributed by atoms with Crippen molar-refractivity contribution in [1.29, 1.82) is 0 Å². The van der Waals surface area contributed by atoms with E-state index in [1.165, 1.54) is 6.20 Å². The van der Waals surface area contributed by atoms with Crippen LogP contribution in [-0.2, 0) is 4.74 Å². The molecule has 0 aromatic heterocycles. The van der Waals surface area contributed by atoms with E-state index >= 15 is 0 Å². The zero-order chi connectivity index (χ0) is 11.0. The summed E-state index contributed by atoms with van der Waals surface area (Å²) in [7, 11) is 1.59. The van der Waals surface area contributed by atoms with Crippen molar-refractivity contribution in [3.8, 4) is 0 Å². The van der Waals surface area contributed by atoms with Crippen LogP contribution < -0.4 is 0 Å². The van der Waals surface area contributed by atoms with E-state index in [-0.39, 0.29) is 0 Å². The Kier molecular flexibility index (Phi) is 6.37. The number of hydrogen-bond acceptors (Lipinski definition) is 3. The average molecular weight is 194 g/mol. The van der Waals surface area contributed by atoms with Crippen molar-refractivity contribution >= 4 is 11.9 Å². The summed E-state index contributed by atoms with van der Waals surface area (Å²) in [4.78, 5) is 8.19.